The van der Waals surface area contributed by atoms with E-state index in [4.69, 9.17) is 10.5 Å². The van der Waals surface area contributed by atoms with Crippen molar-refractivity contribution in [3.63, 3.8) is 0 Å². The van der Waals surface area contributed by atoms with Gasteiger partial charge in [-0.05, 0) is 18.6 Å². The zero-order valence-corrected chi connectivity index (χ0v) is 9.03. The lowest BCUT2D eigenvalue weighted by Crippen LogP contribution is -2.01. The molecule has 0 spiro atoms. The average molecular weight is 220 g/mol. The van der Waals surface area contributed by atoms with Gasteiger partial charge < -0.3 is 10.5 Å². The van der Waals surface area contributed by atoms with Crippen molar-refractivity contribution >= 4 is 16.6 Å². The SMILES string of the molecule is CCCOc1c(F)cc(N)c2cccnc12. The fourth-order valence-corrected chi connectivity index (χ4v) is 1.55. The van der Waals surface area contributed by atoms with Crippen LogP contribution in [0.4, 0.5) is 10.1 Å². The van der Waals surface area contributed by atoms with Crippen molar-refractivity contribution in [2.24, 2.45) is 0 Å². The number of fused-ring (bicyclic) bond motifs is 1. The molecule has 0 atom stereocenters. The Labute approximate surface area is 93.0 Å². The Morgan fingerprint density at radius 1 is 1.50 bits per heavy atom. The quantitative estimate of drug-likeness (QED) is 0.809. The smallest absolute Gasteiger partial charge is 0.181 e. The van der Waals surface area contributed by atoms with Crippen LogP contribution in [-0.2, 0) is 0 Å². The molecular formula is C12H13FN2O. The first-order valence-electron chi connectivity index (χ1n) is 5.19. The van der Waals surface area contributed by atoms with Gasteiger partial charge in [-0.15, -0.1) is 0 Å². The molecule has 0 aliphatic carbocycles. The number of rotatable bonds is 3. The number of pyridine rings is 1. The van der Waals surface area contributed by atoms with Gasteiger partial charge in [0, 0.05) is 23.3 Å². The number of aromatic nitrogens is 1. The molecule has 0 saturated carbocycles. The minimum Gasteiger partial charge on any atom is -0.488 e. The van der Waals surface area contributed by atoms with E-state index in [0.29, 0.717) is 17.8 Å². The number of nitrogens with two attached hydrogens (primary N) is 1. The second-order valence-corrected chi connectivity index (χ2v) is 3.52. The van der Waals surface area contributed by atoms with Gasteiger partial charge in [-0.2, -0.15) is 0 Å². The second kappa shape index (κ2) is 4.35. The molecule has 0 bridgehead atoms. The highest BCUT2D eigenvalue weighted by molar-refractivity contribution is 5.94. The number of hydrogen-bond acceptors (Lipinski definition) is 3. The van der Waals surface area contributed by atoms with E-state index in [1.165, 1.54) is 6.07 Å². The van der Waals surface area contributed by atoms with Crippen LogP contribution in [0, 0.1) is 5.82 Å². The lowest BCUT2D eigenvalue weighted by atomic mass is 10.1. The highest BCUT2D eigenvalue weighted by Crippen LogP contribution is 2.31. The zero-order chi connectivity index (χ0) is 11.5. The van der Waals surface area contributed by atoms with Gasteiger partial charge in [0.15, 0.2) is 11.6 Å². The molecule has 2 rings (SSSR count). The maximum Gasteiger partial charge on any atom is 0.181 e. The molecule has 0 unspecified atom stereocenters. The summed E-state index contributed by atoms with van der Waals surface area (Å²) in [4.78, 5) is 4.11. The van der Waals surface area contributed by atoms with Crippen LogP contribution in [0.25, 0.3) is 10.9 Å². The molecule has 0 aliphatic heterocycles. The van der Waals surface area contributed by atoms with E-state index >= 15 is 0 Å². The van der Waals surface area contributed by atoms with Crippen molar-refractivity contribution in [1.82, 2.24) is 4.98 Å². The van der Waals surface area contributed by atoms with Gasteiger partial charge in [0.25, 0.3) is 0 Å². The summed E-state index contributed by atoms with van der Waals surface area (Å²) in [6.45, 7) is 2.43. The summed E-state index contributed by atoms with van der Waals surface area (Å²) < 4.78 is 19.0. The van der Waals surface area contributed by atoms with Crippen LogP contribution in [0.2, 0.25) is 0 Å². The number of ether oxygens (including phenoxy) is 1. The lowest BCUT2D eigenvalue weighted by molar-refractivity contribution is 0.305. The van der Waals surface area contributed by atoms with Gasteiger partial charge in [-0.25, -0.2) is 4.39 Å². The molecule has 1 aromatic heterocycles. The van der Waals surface area contributed by atoms with Crippen molar-refractivity contribution in [2.75, 3.05) is 12.3 Å². The number of nitrogens with zero attached hydrogens (tertiary/aromatic N) is 1. The van der Waals surface area contributed by atoms with Gasteiger partial charge in [-0.1, -0.05) is 6.92 Å². The number of anilines is 1. The number of benzene rings is 1. The normalized spacial score (nSPS) is 10.6. The summed E-state index contributed by atoms with van der Waals surface area (Å²) in [6.07, 6.45) is 2.41. The Morgan fingerprint density at radius 2 is 2.31 bits per heavy atom. The van der Waals surface area contributed by atoms with E-state index in [0.717, 1.165) is 11.8 Å². The molecule has 4 heteroatoms. The second-order valence-electron chi connectivity index (χ2n) is 3.52. The highest BCUT2D eigenvalue weighted by Gasteiger charge is 2.12. The van der Waals surface area contributed by atoms with Crippen molar-refractivity contribution < 1.29 is 9.13 Å². The average Bonchev–Trinajstić information content (AvgIpc) is 2.29. The van der Waals surface area contributed by atoms with Crippen molar-refractivity contribution in [3.05, 3.63) is 30.2 Å². The zero-order valence-electron chi connectivity index (χ0n) is 9.03. The summed E-state index contributed by atoms with van der Waals surface area (Å²) >= 11 is 0. The molecular weight excluding hydrogens is 207 g/mol. The maximum atomic E-state index is 13.7. The molecule has 2 N–H and O–H groups in total. The van der Waals surface area contributed by atoms with Crippen LogP contribution < -0.4 is 10.5 Å². The minimum atomic E-state index is -0.461. The molecule has 2 aromatic rings. The largest absolute Gasteiger partial charge is 0.488 e. The van der Waals surface area contributed by atoms with Crippen LogP contribution >= 0.6 is 0 Å². The first-order chi connectivity index (χ1) is 7.74. The summed E-state index contributed by atoms with van der Waals surface area (Å²) in [7, 11) is 0. The number of hydrogen-bond donors (Lipinski definition) is 1. The molecule has 0 fully saturated rings. The van der Waals surface area contributed by atoms with Crippen molar-refractivity contribution in [1.29, 1.82) is 0 Å². The molecule has 1 aromatic carbocycles. The van der Waals surface area contributed by atoms with E-state index in [-0.39, 0.29) is 5.75 Å². The van der Waals surface area contributed by atoms with Gasteiger partial charge in [0.1, 0.15) is 5.52 Å². The predicted molar refractivity (Wildman–Crippen MR) is 61.9 cm³/mol. The number of halogens is 1. The third kappa shape index (κ3) is 1.78. The fraction of sp³-hybridized carbons (Fsp3) is 0.250. The molecule has 16 heavy (non-hydrogen) atoms. The lowest BCUT2D eigenvalue weighted by Gasteiger charge is -2.10. The van der Waals surface area contributed by atoms with E-state index in [2.05, 4.69) is 4.98 Å². The first kappa shape index (κ1) is 10.7. The van der Waals surface area contributed by atoms with Gasteiger partial charge in [-0.3, -0.25) is 4.98 Å². The van der Waals surface area contributed by atoms with E-state index < -0.39 is 5.82 Å². The Kier molecular flexibility index (Phi) is 2.90. The summed E-state index contributed by atoms with van der Waals surface area (Å²) in [6, 6.07) is 4.84. The molecule has 1 heterocycles. The summed E-state index contributed by atoms with van der Waals surface area (Å²) in [5.41, 5.74) is 6.58. The predicted octanol–water partition coefficient (Wildman–Crippen LogP) is 2.74. The summed E-state index contributed by atoms with van der Waals surface area (Å²) in [5, 5.41) is 0.718. The molecule has 0 radical (unpaired) electrons. The number of nitrogen functional groups attached to an aromatic ring is 1. The Morgan fingerprint density at radius 3 is 3.06 bits per heavy atom. The standard InChI is InChI=1S/C12H13FN2O/c1-2-6-16-12-9(13)7-10(14)8-4-3-5-15-11(8)12/h3-5,7H,2,6,14H2,1H3. The molecule has 84 valence electrons. The molecule has 3 nitrogen and oxygen atoms in total. The minimum absolute atomic E-state index is 0.187. The Hall–Kier alpha value is -1.84. The Balaban J connectivity index is 2.61. The van der Waals surface area contributed by atoms with Crippen LogP contribution in [-0.4, -0.2) is 11.6 Å². The van der Waals surface area contributed by atoms with Crippen molar-refractivity contribution in [2.45, 2.75) is 13.3 Å². The third-order valence-corrected chi connectivity index (χ3v) is 2.28. The van der Waals surface area contributed by atoms with Crippen LogP contribution in [0.15, 0.2) is 24.4 Å². The van der Waals surface area contributed by atoms with Gasteiger partial charge in [0.2, 0.25) is 0 Å². The van der Waals surface area contributed by atoms with Crippen LogP contribution in [0.3, 0.4) is 0 Å². The summed E-state index contributed by atoms with van der Waals surface area (Å²) in [5.74, 6) is -0.274. The Bertz CT molecular complexity index is 514. The van der Waals surface area contributed by atoms with E-state index in [1.807, 2.05) is 6.92 Å². The first-order valence-corrected chi connectivity index (χ1v) is 5.19. The topological polar surface area (TPSA) is 48.1 Å². The van der Waals surface area contributed by atoms with Crippen LogP contribution in [0.1, 0.15) is 13.3 Å². The van der Waals surface area contributed by atoms with Crippen molar-refractivity contribution in [3.8, 4) is 5.75 Å². The van der Waals surface area contributed by atoms with Crippen LogP contribution in [0.5, 0.6) is 5.75 Å². The monoisotopic (exact) mass is 220 g/mol. The fourth-order valence-electron chi connectivity index (χ4n) is 1.55. The highest BCUT2D eigenvalue weighted by atomic mass is 19.1. The molecule has 0 amide bonds. The maximum absolute atomic E-state index is 13.7. The molecule has 0 saturated heterocycles. The van der Waals surface area contributed by atoms with E-state index in [1.54, 1.807) is 18.3 Å². The molecule has 0 aliphatic rings. The third-order valence-electron chi connectivity index (χ3n) is 2.28. The van der Waals surface area contributed by atoms with Gasteiger partial charge in [0.05, 0.1) is 6.61 Å². The van der Waals surface area contributed by atoms with Gasteiger partial charge >= 0.3 is 0 Å². The van der Waals surface area contributed by atoms with E-state index in [9.17, 15) is 4.39 Å².